The molecule has 3 amide bonds. The Morgan fingerprint density at radius 2 is 1.02 bits per heavy atom. The van der Waals surface area contributed by atoms with Crippen molar-refractivity contribution < 1.29 is 54.9 Å². The van der Waals surface area contributed by atoms with Crippen LogP contribution < -0.4 is 29.6 Å². The normalized spacial score (nSPS) is 18.1. The van der Waals surface area contributed by atoms with Gasteiger partial charge in [0, 0.05) is 77.7 Å². The van der Waals surface area contributed by atoms with Crippen LogP contribution in [0.1, 0.15) is 183 Å². The van der Waals surface area contributed by atoms with E-state index in [9.17, 15) is 31.2 Å². The number of nitrogens with one attached hydrogen (secondary N) is 4. The first-order valence-corrected chi connectivity index (χ1v) is 32.7. The number of carbonyl (C=O) groups excluding carboxylic acids is 3. The fourth-order valence-corrected chi connectivity index (χ4v) is 14.7. The van der Waals surface area contributed by atoms with Gasteiger partial charge in [0.15, 0.2) is 0 Å². The van der Waals surface area contributed by atoms with E-state index >= 15 is 0 Å². The van der Waals surface area contributed by atoms with Crippen LogP contribution in [0.25, 0.3) is 20.9 Å². The molecule has 0 radical (unpaired) electrons. The first-order chi connectivity index (χ1) is 37.7. The lowest BCUT2D eigenvalue weighted by molar-refractivity contribution is 0.0278. The van der Waals surface area contributed by atoms with E-state index in [1.54, 1.807) is 79.2 Å². The molecule has 452 valence electrons. The molecule has 0 spiro atoms. The number of sulfonamides is 2. The number of aromatic nitrogens is 2. The Bertz CT molecular complexity index is 2930. The summed E-state index contributed by atoms with van der Waals surface area (Å²) in [6.07, 6.45) is 10.7. The smallest absolute Gasteiger partial charge is 0.410 e. The molecule has 19 nitrogen and oxygen atoms in total. The quantitative estimate of drug-likeness (QED) is 0.0475. The Kier molecular flexibility index (Phi) is 23.9. The lowest BCUT2D eigenvalue weighted by Gasteiger charge is -2.28. The van der Waals surface area contributed by atoms with Gasteiger partial charge in [-0.1, -0.05) is 13.3 Å². The first-order valence-electron chi connectivity index (χ1n) is 28.1. The number of ether oxygens (including phenoxy) is 5. The molecule has 2 aromatic carbocycles. The maximum absolute atomic E-state index is 13.6. The molecule has 4 N–H and O–H groups in total. The number of hydrogen-bond donors (Lipinski definition) is 4. The van der Waals surface area contributed by atoms with Crippen LogP contribution in [0.15, 0.2) is 58.6 Å². The van der Waals surface area contributed by atoms with Gasteiger partial charge in [0.2, 0.25) is 20.0 Å². The van der Waals surface area contributed by atoms with Gasteiger partial charge in [-0.25, -0.2) is 50.6 Å². The summed E-state index contributed by atoms with van der Waals surface area (Å²) in [6.45, 7) is 26.6. The van der Waals surface area contributed by atoms with Gasteiger partial charge in [0.1, 0.15) is 23.7 Å². The van der Waals surface area contributed by atoms with Gasteiger partial charge in [-0.3, -0.25) is 0 Å². The van der Waals surface area contributed by atoms with Gasteiger partial charge in [0.05, 0.1) is 54.9 Å². The van der Waals surface area contributed by atoms with Gasteiger partial charge < -0.3 is 39.2 Å². The topological polar surface area (TPSA) is 243 Å². The number of benzene rings is 2. The number of likely N-dealkylation sites (N-methyl/N-ethyl adjacent to an activating group) is 1. The van der Waals surface area contributed by atoms with E-state index in [4.69, 9.17) is 23.7 Å². The van der Waals surface area contributed by atoms with Crippen LogP contribution in [0.4, 0.5) is 14.4 Å². The number of carbonyl (C=O) groups is 3. The minimum Gasteiger partial charge on any atom is -0.494 e. The highest BCUT2D eigenvalue weighted by Crippen LogP contribution is 2.42. The molecule has 4 aromatic rings. The summed E-state index contributed by atoms with van der Waals surface area (Å²) in [5.74, 6) is 1.41. The second kappa shape index (κ2) is 29.0. The van der Waals surface area contributed by atoms with E-state index < -0.39 is 42.8 Å². The molecule has 2 aliphatic rings. The summed E-state index contributed by atoms with van der Waals surface area (Å²) in [7, 11) is -6.10. The second-order valence-corrected chi connectivity index (χ2v) is 29.8. The van der Waals surface area contributed by atoms with Crippen LogP contribution >= 0.6 is 22.7 Å². The zero-order valence-corrected chi connectivity index (χ0v) is 53.4. The zero-order chi connectivity index (χ0) is 60.1. The van der Waals surface area contributed by atoms with Crippen molar-refractivity contribution in [1.82, 2.24) is 34.9 Å². The summed E-state index contributed by atoms with van der Waals surface area (Å²) in [5.41, 5.74) is -0.773. The lowest BCUT2D eigenvalue weighted by Crippen LogP contribution is -2.40. The highest BCUT2D eigenvalue weighted by Gasteiger charge is 2.32. The average Bonchev–Trinajstić information content (AvgIpc) is 4.04. The molecule has 2 heterocycles. The minimum atomic E-state index is -3.93. The highest BCUT2D eigenvalue weighted by molar-refractivity contribution is 7.90. The van der Waals surface area contributed by atoms with Gasteiger partial charge in [-0.15, -0.1) is 22.7 Å². The molecule has 2 fully saturated rings. The van der Waals surface area contributed by atoms with Gasteiger partial charge in [-0.05, 0) is 172 Å². The molecule has 0 atom stereocenters. The maximum Gasteiger partial charge on any atom is 0.410 e. The molecule has 23 heteroatoms. The van der Waals surface area contributed by atoms with Crippen molar-refractivity contribution >= 4 is 61.0 Å². The molecule has 2 aliphatic carbocycles. The van der Waals surface area contributed by atoms with Crippen LogP contribution in [-0.4, -0.2) is 118 Å². The maximum atomic E-state index is 13.6. The molecule has 0 unspecified atom stereocenters. The van der Waals surface area contributed by atoms with E-state index in [1.807, 2.05) is 60.6 Å². The summed E-state index contributed by atoms with van der Waals surface area (Å²) < 4.78 is 87.0. The minimum absolute atomic E-state index is 0.0635. The van der Waals surface area contributed by atoms with Crippen molar-refractivity contribution in [3.8, 4) is 32.4 Å². The number of amides is 3. The summed E-state index contributed by atoms with van der Waals surface area (Å²) >= 11 is 3.02. The second-order valence-electron chi connectivity index (χ2n) is 24.4. The lowest BCUT2D eigenvalue weighted by atomic mass is 9.86. The van der Waals surface area contributed by atoms with Crippen LogP contribution in [0.2, 0.25) is 0 Å². The fourth-order valence-electron chi connectivity index (χ4n) is 9.02. The Hall–Kier alpha value is -5.07. The Balaban J connectivity index is 0.000000302. The van der Waals surface area contributed by atoms with Crippen LogP contribution in [-0.2, 0) is 34.3 Å². The van der Waals surface area contributed by atoms with Crippen LogP contribution in [0.5, 0.6) is 11.5 Å². The van der Waals surface area contributed by atoms with Crippen molar-refractivity contribution in [1.29, 1.82) is 0 Å². The number of hydrogen-bond acceptors (Lipinski definition) is 16. The predicted molar refractivity (Wildman–Crippen MR) is 320 cm³/mol. The van der Waals surface area contributed by atoms with Crippen molar-refractivity contribution in [2.45, 2.75) is 224 Å². The SMILES string of the molecule is CC(C)OC(=O)NC1CCC(c2ncc(-c3ccc(OCCN(C)C(=O)OC(C)(C)C)cc3S(=O)(=O)NC(C)(C)C)s2)CC1.CCCCOc1ccc(-c2cnc(C3CCC(NC(=O)OC(C)C)CC3)s2)c(S(=O)(=O)NC(C)(C)C)c1. The van der Waals surface area contributed by atoms with Crippen molar-refractivity contribution in [2.75, 3.05) is 26.8 Å². The number of unbranched alkanes of at least 4 members (excludes halogenated alkanes) is 1. The summed E-state index contributed by atoms with van der Waals surface area (Å²) in [6, 6.07) is 10.4. The Labute approximate surface area is 489 Å². The van der Waals surface area contributed by atoms with E-state index in [-0.39, 0.29) is 71.3 Å². The predicted octanol–water partition coefficient (Wildman–Crippen LogP) is 12.5. The molecule has 0 aliphatic heterocycles. The van der Waals surface area contributed by atoms with Gasteiger partial charge in [-0.2, -0.15) is 0 Å². The standard InChI is InChI=1S/C31H48N4O7S2.C27H41N3O5S2/c1-20(2)41-28(36)33-22-12-10-21(11-13-22)27-32-19-25(43-27)24-15-14-23(18-26(24)44(38,39)34-30(3,4)5)40-17-16-35(9)29(37)42-31(6,7)8;1-7-8-15-34-21-13-14-22(24(16-21)37(32,33)30-27(4,5)6)23-17-28-25(36-23)19-9-11-20(12-10-19)29-26(31)35-18(2)3/h14-15,18-22,34H,10-13,16-17H2,1-9H3,(H,33,36);13-14,16-20,30H,7-12,15H2,1-6H3,(H,29,31). The molecule has 6 rings (SSSR count). The van der Waals surface area contributed by atoms with E-state index in [0.29, 0.717) is 29.2 Å². The average molecular weight is 1200 g/mol. The van der Waals surface area contributed by atoms with E-state index in [1.165, 1.54) is 33.6 Å². The molecule has 0 bridgehead atoms. The number of nitrogens with zero attached hydrogens (tertiary/aromatic N) is 3. The van der Waals surface area contributed by atoms with Crippen molar-refractivity contribution in [3.05, 3.63) is 58.8 Å². The van der Waals surface area contributed by atoms with Crippen molar-refractivity contribution in [3.63, 3.8) is 0 Å². The first kappa shape index (κ1) is 66.7. The van der Waals surface area contributed by atoms with E-state index in [2.05, 4.69) is 37.0 Å². The largest absolute Gasteiger partial charge is 0.494 e. The third-order valence-electron chi connectivity index (χ3n) is 12.6. The van der Waals surface area contributed by atoms with Crippen LogP contribution in [0.3, 0.4) is 0 Å². The van der Waals surface area contributed by atoms with Gasteiger partial charge in [0.25, 0.3) is 0 Å². The monoisotopic (exact) mass is 1200 g/mol. The number of alkyl carbamates (subject to hydrolysis) is 2. The summed E-state index contributed by atoms with van der Waals surface area (Å²) in [4.78, 5) is 48.8. The molecule has 81 heavy (non-hydrogen) atoms. The highest BCUT2D eigenvalue weighted by atomic mass is 32.2. The number of rotatable bonds is 20. The Morgan fingerprint density at radius 1 is 0.630 bits per heavy atom. The third kappa shape index (κ3) is 21.9. The molecule has 2 saturated carbocycles. The van der Waals surface area contributed by atoms with Crippen LogP contribution in [0, 0.1) is 0 Å². The number of thiazole rings is 2. The molecular formula is C58H89N7O12S4. The molecule has 2 aromatic heterocycles. The zero-order valence-electron chi connectivity index (χ0n) is 50.1. The van der Waals surface area contributed by atoms with Gasteiger partial charge >= 0.3 is 18.3 Å². The molecule has 0 saturated heterocycles. The van der Waals surface area contributed by atoms with Crippen molar-refractivity contribution in [2.24, 2.45) is 0 Å². The fraction of sp³-hybridized carbons (Fsp3) is 0.638. The molecular weight excluding hydrogens is 1110 g/mol. The Morgan fingerprint density at radius 3 is 1.38 bits per heavy atom. The third-order valence-corrected chi connectivity index (χ3v) is 18.6. The van der Waals surface area contributed by atoms with E-state index in [0.717, 1.165) is 84.0 Å². The summed E-state index contributed by atoms with van der Waals surface area (Å²) in [5, 5.41) is 7.84.